The molecule has 1 aliphatic carbocycles. The first-order chi connectivity index (χ1) is 9.11. The van der Waals surface area contributed by atoms with E-state index in [1.807, 2.05) is 13.8 Å². The van der Waals surface area contributed by atoms with Gasteiger partial charge in [-0.05, 0) is 38.5 Å². The minimum atomic E-state index is 0.0381. The first kappa shape index (κ1) is 14.1. The molecule has 1 saturated carbocycles. The summed E-state index contributed by atoms with van der Waals surface area (Å²) in [5.74, 6) is 0.828. The van der Waals surface area contributed by atoms with Crippen LogP contribution in [0.2, 0.25) is 0 Å². The van der Waals surface area contributed by atoms with E-state index < -0.39 is 0 Å². The standard InChI is InChI=1S/C14H23N3O2/c1-9-13(10(2)17-16-9)6-14(19)15-7-11-4-3-5-12(11)8-18/h11-12,18H,3-8H2,1-2H3,(H,15,19)(H,16,17). The number of aliphatic hydroxyl groups excluding tert-OH is 1. The third-order valence-corrected chi connectivity index (χ3v) is 4.23. The Kier molecular flexibility index (Phi) is 4.58. The molecular formula is C14H23N3O2. The van der Waals surface area contributed by atoms with Crippen LogP contribution in [0.25, 0.3) is 0 Å². The average molecular weight is 265 g/mol. The highest BCUT2D eigenvalue weighted by atomic mass is 16.3. The van der Waals surface area contributed by atoms with E-state index in [1.54, 1.807) is 0 Å². The van der Waals surface area contributed by atoms with Gasteiger partial charge in [0.1, 0.15) is 0 Å². The molecule has 1 aromatic rings. The predicted molar refractivity (Wildman–Crippen MR) is 72.7 cm³/mol. The number of carbonyl (C=O) groups is 1. The van der Waals surface area contributed by atoms with Crippen LogP contribution < -0.4 is 5.32 Å². The molecule has 5 heteroatoms. The average Bonchev–Trinajstić information content (AvgIpc) is 2.97. The Morgan fingerprint density at radius 1 is 1.42 bits per heavy atom. The van der Waals surface area contributed by atoms with Crippen molar-refractivity contribution in [2.75, 3.05) is 13.2 Å². The van der Waals surface area contributed by atoms with Crippen molar-refractivity contribution < 1.29 is 9.90 Å². The summed E-state index contributed by atoms with van der Waals surface area (Å²) in [7, 11) is 0. The van der Waals surface area contributed by atoms with Gasteiger partial charge in [0.2, 0.25) is 5.91 Å². The van der Waals surface area contributed by atoms with Gasteiger partial charge in [-0.2, -0.15) is 5.10 Å². The normalized spacial score (nSPS) is 22.7. The van der Waals surface area contributed by atoms with Gasteiger partial charge in [0.05, 0.1) is 12.1 Å². The Bertz CT molecular complexity index is 422. The second-order valence-electron chi connectivity index (χ2n) is 5.53. The highest BCUT2D eigenvalue weighted by Gasteiger charge is 2.26. The van der Waals surface area contributed by atoms with Gasteiger partial charge in [0.15, 0.2) is 0 Å². The lowest BCUT2D eigenvalue weighted by atomic mass is 9.97. The van der Waals surface area contributed by atoms with Gasteiger partial charge in [-0.3, -0.25) is 9.89 Å². The quantitative estimate of drug-likeness (QED) is 0.746. The first-order valence-corrected chi connectivity index (χ1v) is 6.99. The van der Waals surface area contributed by atoms with E-state index in [-0.39, 0.29) is 12.5 Å². The Labute approximate surface area is 113 Å². The minimum absolute atomic E-state index is 0.0381. The van der Waals surface area contributed by atoms with Gasteiger partial charge in [-0.15, -0.1) is 0 Å². The molecule has 2 rings (SSSR count). The Morgan fingerprint density at radius 3 is 2.79 bits per heavy atom. The molecule has 19 heavy (non-hydrogen) atoms. The Morgan fingerprint density at radius 2 is 2.16 bits per heavy atom. The zero-order chi connectivity index (χ0) is 13.8. The van der Waals surface area contributed by atoms with E-state index >= 15 is 0 Å². The number of rotatable bonds is 5. The van der Waals surface area contributed by atoms with E-state index in [9.17, 15) is 9.90 Å². The van der Waals surface area contributed by atoms with Gasteiger partial charge in [-0.1, -0.05) is 6.42 Å². The van der Waals surface area contributed by atoms with Crippen LogP contribution >= 0.6 is 0 Å². The summed E-state index contributed by atoms with van der Waals surface area (Å²) in [5, 5.41) is 19.2. The van der Waals surface area contributed by atoms with Crippen LogP contribution in [0.5, 0.6) is 0 Å². The van der Waals surface area contributed by atoms with Crippen molar-refractivity contribution in [3.63, 3.8) is 0 Å². The molecule has 0 bridgehead atoms. The predicted octanol–water partition coefficient (Wildman–Crippen LogP) is 1.09. The topological polar surface area (TPSA) is 78.0 Å². The number of H-pyrrole nitrogens is 1. The summed E-state index contributed by atoms with van der Waals surface area (Å²) in [6, 6.07) is 0. The number of aryl methyl sites for hydroxylation is 2. The fourth-order valence-electron chi connectivity index (χ4n) is 2.93. The van der Waals surface area contributed by atoms with Crippen molar-refractivity contribution in [3.8, 4) is 0 Å². The second-order valence-corrected chi connectivity index (χ2v) is 5.53. The van der Waals surface area contributed by atoms with E-state index in [0.717, 1.165) is 36.2 Å². The highest BCUT2D eigenvalue weighted by molar-refractivity contribution is 5.79. The third kappa shape index (κ3) is 3.35. The number of hydrogen-bond acceptors (Lipinski definition) is 3. The number of nitrogens with one attached hydrogen (secondary N) is 2. The summed E-state index contributed by atoms with van der Waals surface area (Å²) < 4.78 is 0. The molecule has 0 aromatic carbocycles. The van der Waals surface area contributed by atoms with E-state index in [1.165, 1.54) is 0 Å². The molecule has 1 heterocycles. The molecule has 0 radical (unpaired) electrons. The number of aromatic amines is 1. The van der Waals surface area contributed by atoms with Crippen molar-refractivity contribution in [1.29, 1.82) is 0 Å². The number of hydrogen-bond donors (Lipinski definition) is 3. The van der Waals surface area contributed by atoms with Crippen molar-refractivity contribution >= 4 is 5.91 Å². The van der Waals surface area contributed by atoms with E-state index in [2.05, 4.69) is 15.5 Å². The summed E-state index contributed by atoms with van der Waals surface area (Å²) in [6.45, 7) is 4.76. The third-order valence-electron chi connectivity index (χ3n) is 4.23. The van der Waals surface area contributed by atoms with Gasteiger partial charge in [-0.25, -0.2) is 0 Å². The van der Waals surface area contributed by atoms with Crippen LogP contribution in [0.15, 0.2) is 0 Å². The summed E-state index contributed by atoms with van der Waals surface area (Å²) in [4.78, 5) is 12.0. The lowest BCUT2D eigenvalue weighted by Crippen LogP contribution is -2.32. The SMILES string of the molecule is Cc1n[nH]c(C)c1CC(=O)NCC1CCCC1CO. The number of amides is 1. The zero-order valence-corrected chi connectivity index (χ0v) is 11.7. The van der Waals surface area contributed by atoms with Crippen LogP contribution in [0.3, 0.4) is 0 Å². The zero-order valence-electron chi connectivity index (χ0n) is 11.7. The fourth-order valence-corrected chi connectivity index (χ4v) is 2.93. The summed E-state index contributed by atoms with van der Waals surface area (Å²) in [6.07, 6.45) is 3.72. The maximum absolute atomic E-state index is 12.0. The Balaban J connectivity index is 1.82. The van der Waals surface area contributed by atoms with Gasteiger partial charge in [0, 0.05) is 24.4 Å². The Hall–Kier alpha value is -1.36. The van der Waals surface area contributed by atoms with Gasteiger partial charge < -0.3 is 10.4 Å². The molecule has 0 aliphatic heterocycles. The number of carbonyl (C=O) groups excluding carboxylic acids is 1. The van der Waals surface area contributed by atoms with Crippen molar-refractivity contribution in [1.82, 2.24) is 15.5 Å². The molecule has 2 unspecified atom stereocenters. The lowest BCUT2D eigenvalue weighted by Gasteiger charge is -2.17. The molecule has 1 fully saturated rings. The highest BCUT2D eigenvalue weighted by Crippen LogP contribution is 2.30. The molecule has 2 atom stereocenters. The molecule has 0 spiro atoms. The molecule has 1 amide bonds. The van der Waals surface area contributed by atoms with Crippen LogP contribution in [0, 0.1) is 25.7 Å². The molecule has 1 aromatic heterocycles. The second kappa shape index (κ2) is 6.19. The smallest absolute Gasteiger partial charge is 0.224 e. The van der Waals surface area contributed by atoms with Gasteiger partial charge >= 0.3 is 0 Å². The summed E-state index contributed by atoms with van der Waals surface area (Å²) >= 11 is 0. The summed E-state index contributed by atoms with van der Waals surface area (Å²) in [5.41, 5.74) is 2.84. The number of nitrogens with zero attached hydrogens (tertiary/aromatic N) is 1. The van der Waals surface area contributed by atoms with E-state index in [0.29, 0.717) is 24.8 Å². The number of aromatic nitrogens is 2. The maximum Gasteiger partial charge on any atom is 0.224 e. The van der Waals surface area contributed by atoms with Crippen molar-refractivity contribution in [3.05, 3.63) is 17.0 Å². The van der Waals surface area contributed by atoms with Crippen molar-refractivity contribution in [2.24, 2.45) is 11.8 Å². The van der Waals surface area contributed by atoms with Gasteiger partial charge in [0.25, 0.3) is 0 Å². The number of aliphatic hydroxyl groups is 1. The fraction of sp³-hybridized carbons (Fsp3) is 0.714. The van der Waals surface area contributed by atoms with E-state index in [4.69, 9.17) is 0 Å². The molecule has 5 nitrogen and oxygen atoms in total. The van der Waals surface area contributed by atoms with Crippen LogP contribution in [0.4, 0.5) is 0 Å². The first-order valence-electron chi connectivity index (χ1n) is 6.99. The molecule has 1 aliphatic rings. The molecule has 3 N–H and O–H groups in total. The molecular weight excluding hydrogens is 242 g/mol. The van der Waals surface area contributed by atoms with Crippen LogP contribution in [0.1, 0.15) is 36.2 Å². The largest absolute Gasteiger partial charge is 0.396 e. The molecule has 106 valence electrons. The van der Waals surface area contributed by atoms with Crippen LogP contribution in [-0.2, 0) is 11.2 Å². The van der Waals surface area contributed by atoms with Crippen LogP contribution in [-0.4, -0.2) is 34.4 Å². The molecule has 0 saturated heterocycles. The minimum Gasteiger partial charge on any atom is -0.396 e. The lowest BCUT2D eigenvalue weighted by molar-refractivity contribution is -0.120. The van der Waals surface area contributed by atoms with Crippen molar-refractivity contribution in [2.45, 2.75) is 39.5 Å². The monoisotopic (exact) mass is 265 g/mol. The maximum atomic E-state index is 12.0.